The minimum Gasteiger partial charge on any atom is -0.494 e. The van der Waals surface area contributed by atoms with Crippen molar-refractivity contribution in [3.05, 3.63) is 13.3 Å². The molecule has 0 radical (unpaired) electrons. The summed E-state index contributed by atoms with van der Waals surface area (Å²) in [5.74, 6) is 0.770. The van der Waals surface area contributed by atoms with Crippen molar-refractivity contribution in [2.75, 3.05) is 7.11 Å². The summed E-state index contributed by atoms with van der Waals surface area (Å²) in [5.41, 5.74) is 0. The first-order valence-electron chi connectivity index (χ1n) is 2.23. The fraction of sp³-hybridized carbons (Fsp3) is 0.200. The van der Waals surface area contributed by atoms with E-state index in [-0.39, 0.29) is 0 Å². The molecule has 0 aliphatic carbocycles. The molecule has 0 unspecified atom stereocenters. The Balaban J connectivity index is 3.01. The van der Waals surface area contributed by atoms with E-state index >= 15 is 0 Å². The van der Waals surface area contributed by atoms with Gasteiger partial charge in [0.1, 0.15) is 10.1 Å². The Morgan fingerprint density at radius 1 is 1.78 bits per heavy atom. The lowest BCUT2D eigenvalue weighted by Gasteiger charge is -1.90. The molecule has 0 aromatic carbocycles. The van der Waals surface area contributed by atoms with Crippen molar-refractivity contribution in [1.29, 1.82) is 0 Å². The Morgan fingerprint density at radius 2 is 2.44 bits per heavy atom. The number of thiophene rings is 1. The molecule has 0 saturated heterocycles. The highest BCUT2D eigenvalue weighted by atomic mass is 127. The zero-order valence-electron chi connectivity index (χ0n) is 4.65. The summed E-state index contributed by atoms with van der Waals surface area (Å²) in [4.78, 5) is 0. The summed E-state index contributed by atoms with van der Waals surface area (Å²) in [6, 6.07) is 1.91. The van der Waals surface area contributed by atoms with E-state index < -0.39 is 0 Å². The first-order valence-corrected chi connectivity index (χ1v) is 4.50. The number of methoxy groups -OCH3 is 1. The van der Waals surface area contributed by atoms with Crippen LogP contribution in [0.15, 0.2) is 6.07 Å². The summed E-state index contributed by atoms with van der Waals surface area (Å²) < 4.78 is 6.81. The van der Waals surface area contributed by atoms with E-state index in [1.165, 1.54) is 11.3 Å². The van der Waals surface area contributed by atoms with Crippen molar-refractivity contribution >= 4 is 45.5 Å². The van der Waals surface area contributed by atoms with Crippen LogP contribution in [0.25, 0.3) is 0 Å². The highest BCUT2D eigenvalue weighted by molar-refractivity contribution is 14.1. The third-order valence-electron chi connectivity index (χ3n) is 0.845. The van der Waals surface area contributed by atoms with Gasteiger partial charge >= 0.3 is 0 Å². The van der Waals surface area contributed by atoms with Gasteiger partial charge in [0.25, 0.3) is 0 Å². The second-order valence-electron chi connectivity index (χ2n) is 1.39. The molecule has 50 valence electrons. The van der Waals surface area contributed by atoms with Gasteiger partial charge in [-0.2, -0.15) is 0 Å². The molecule has 9 heavy (non-hydrogen) atoms. The van der Waals surface area contributed by atoms with Crippen LogP contribution in [0.2, 0.25) is 4.34 Å². The summed E-state index contributed by atoms with van der Waals surface area (Å²) in [6.07, 6.45) is 0. The first-order chi connectivity index (χ1) is 4.24. The van der Waals surface area contributed by atoms with Gasteiger partial charge in [-0.25, -0.2) is 0 Å². The van der Waals surface area contributed by atoms with Crippen molar-refractivity contribution in [3.63, 3.8) is 0 Å². The van der Waals surface area contributed by atoms with E-state index in [0.29, 0.717) is 0 Å². The lowest BCUT2D eigenvalue weighted by molar-refractivity contribution is 0.417. The average Bonchev–Trinajstić information content (AvgIpc) is 2.10. The third kappa shape index (κ3) is 1.72. The zero-order chi connectivity index (χ0) is 6.85. The molecule has 0 atom stereocenters. The molecule has 0 aliphatic rings. The Hall–Kier alpha value is 0.520. The summed E-state index contributed by atoms with van der Waals surface area (Å²) in [7, 11) is 1.62. The highest BCUT2D eigenvalue weighted by Crippen LogP contribution is 2.34. The minimum absolute atomic E-state index is 0.724. The van der Waals surface area contributed by atoms with Gasteiger partial charge in [-0.1, -0.05) is 11.6 Å². The highest BCUT2D eigenvalue weighted by Gasteiger charge is 2.03. The van der Waals surface area contributed by atoms with Crippen LogP contribution in [0, 0.1) is 2.88 Å². The van der Waals surface area contributed by atoms with E-state index in [1.807, 2.05) is 6.07 Å². The van der Waals surface area contributed by atoms with Gasteiger partial charge in [0.2, 0.25) is 0 Å². The number of hydrogen-bond acceptors (Lipinski definition) is 2. The van der Waals surface area contributed by atoms with E-state index in [4.69, 9.17) is 16.3 Å². The molecule has 0 spiro atoms. The molecule has 4 heteroatoms. The van der Waals surface area contributed by atoms with E-state index in [1.54, 1.807) is 7.11 Å². The summed E-state index contributed by atoms with van der Waals surface area (Å²) in [6.45, 7) is 0. The van der Waals surface area contributed by atoms with Crippen molar-refractivity contribution in [3.8, 4) is 5.75 Å². The molecule has 0 N–H and O–H groups in total. The average molecular weight is 275 g/mol. The lowest BCUT2D eigenvalue weighted by atomic mass is 10.6. The maximum absolute atomic E-state index is 5.73. The largest absolute Gasteiger partial charge is 0.494 e. The third-order valence-corrected chi connectivity index (χ3v) is 2.93. The molecular formula is C5H4ClIOS. The van der Waals surface area contributed by atoms with Crippen LogP contribution in [0.4, 0.5) is 0 Å². The number of ether oxygens (including phenoxy) is 1. The smallest absolute Gasteiger partial charge is 0.149 e. The van der Waals surface area contributed by atoms with Gasteiger partial charge in [0.05, 0.1) is 9.99 Å². The van der Waals surface area contributed by atoms with Crippen LogP contribution in [0.5, 0.6) is 5.75 Å². The second kappa shape index (κ2) is 3.07. The molecule has 0 amide bonds. The van der Waals surface area contributed by atoms with Gasteiger partial charge in [0, 0.05) is 6.07 Å². The summed E-state index contributed by atoms with van der Waals surface area (Å²) in [5, 5.41) is 0. The van der Waals surface area contributed by atoms with Crippen molar-refractivity contribution in [2.45, 2.75) is 0 Å². The Bertz CT molecular complexity index is 211. The van der Waals surface area contributed by atoms with Crippen molar-refractivity contribution < 1.29 is 4.74 Å². The second-order valence-corrected chi connectivity index (χ2v) is 4.94. The monoisotopic (exact) mass is 274 g/mol. The lowest BCUT2D eigenvalue weighted by Crippen LogP contribution is -1.76. The van der Waals surface area contributed by atoms with Crippen LogP contribution in [-0.4, -0.2) is 7.11 Å². The number of rotatable bonds is 1. The number of halogens is 2. The zero-order valence-corrected chi connectivity index (χ0v) is 8.38. The van der Waals surface area contributed by atoms with Crippen LogP contribution in [0.3, 0.4) is 0 Å². The fourth-order valence-electron chi connectivity index (χ4n) is 0.464. The SMILES string of the molecule is COc1cc(I)sc1Cl. The Kier molecular flexibility index (Phi) is 2.60. The molecule has 1 rings (SSSR count). The molecule has 1 aromatic heterocycles. The molecule has 0 fully saturated rings. The van der Waals surface area contributed by atoms with Gasteiger partial charge in [0.15, 0.2) is 0 Å². The van der Waals surface area contributed by atoms with E-state index in [0.717, 1.165) is 13.0 Å². The van der Waals surface area contributed by atoms with Gasteiger partial charge < -0.3 is 4.74 Å². The first kappa shape index (κ1) is 7.63. The van der Waals surface area contributed by atoms with Gasteiger partial charge in [-0.3, -0.25) is 0 Å². The van der Waals surface area contributed by atoms with Crippen LogP contribution < -0.4 is 4.74 Å². The quantitative estimate of drug-likeness (QED) is 0.715. The molecule has 1 nitrogen and oxygen atoms in total. The van der Waals surface area contributed by atoms with Crippen molar-refractivity contribution in [1.82, 2.24) is 0 Å². The maximum Gasteiger partial charge on any atom is 0.149 e. The van der Waals surface area contributed by atoms with Gasteiger partial charge in [-0.05, 0) is 22.6 Å². The molecule has 1 heterocycles. The van der Waals surface area contributed by atoms with Gasteiger partial charge in [-0.15, -0.1) is 11.3 Å². The maximum atomic E-state index is 5.73. The van der Waals surface area contributed by atoms with E-state index in [2.05, 4.69) is 22.6 Å². The Morgan fingerprint density at radius 3 is 2.67 bits per heavy atom. The molecule has 1 aromatic rings. The molecule has 0 aliphatic heterocycles. The predicted octanol–water partition coefficient (Wildman–Crippen LogP) is 3.01. The molecular weight excluding hydrogens is 270 g/mol. The standard InChI is InChI=1S/C5H4ClIOS/c1-8-3-2-4(7)9-5(3)6/h2H,1H3. The van der Waals surface area contributed by atoms with E-state index in [9.17, 15) is 0 Å². The van der Waals surface area contributed by atoms with Crippen LogP contribution in [-0.2, 0) is 0 Å². The fourth-order valence-corrected chi connectivity index (χ4v) is 2.76. The topological polar surface area (TPSA) is 9.23 Å². The Labute approximate surface area is 76.1 Å². The molecule has 0 saturated carbocycles. The predicted molar refractivity (Wildman–Crippen MR) is 48.6 cm³/mol. The molecule has 0 bridgehead atoms. The van der Waals surface area contributed by atoms with Crippen molar-refractivity contribution in [2.24, 2.45) is 0 Å². The minimum atomic E-state index is 0.724. The number of hydrogen-bond donors (Lipinski definition) is 0. The van der Waals surface area contributed by atoms with Crippen LogP contribution in [0.1, 0.15) is 0 Å². The van der Waals surface area contributed by atoms with Crippen LogP contribution >= 0.6 is 45.5 Å². The summed E-state index contributed by atoms with van der Waals surface area (Å²) >= 11 is 9.46. The normalized spacial score (nSPS) is 9.67.